The number of hydrogen-bond donors (Lipinski definition) is 1. The Labute approximate surface area is 131 Å². The molecule has 2 heterocycles. The summed E-state index contributed by atoms with van der Waals surface area (Å²) < 4.78 is 1.07. The van der Waals surface area contributed by atoms with Crippen LogP contribution in [0.25, 0.3) is 10.9 Å². The molecule has 0 aliphatic rings. The third-order valence-corrected chi connectivity index (χ3v) is 3.95. The second-order valence-corrected chi connectivity index (χ2v) is 5.66. The van der Waals surface area contributed by atoms with Gasteiger partial charge in [0.05, 0.1) is 11.2 Å². The van der Waals surface area contributed by atoms with Gasteiger partial charge in [-0.1, -0.05) is 28.1 Å². The molecule has 1 aromatic carbocycles. The van der Waals surface area contributed by atoms with Gasteiger partial charge in [-0.15, -0.1) is 0 Å². The van der Waals surface area contributed by atoms with Gasteiger partial charge in [-0.2, -0.15) is 0 Å². The molecule has 0 radical (unpaired) electrons. The lowest BCUT2D eigenvalue weighted by molar-refractivity contribution is 0.677. The van der Waals surface area contributed by atoms with Crippen molar-refractivity contribution in [3.05, 3.63) is 64.3 Å². The van der Waals surface area contributed by atoms with Gasteiger partial charge in [-0.3, -0.25) is 4.98 Å². The smallest absolute Gasteiger partial charge is 0.125 e. The largest absolute Gasteiger partial charge is 0.307 e. The van der Waals surface area contributed by atoms with Crippen LogP contribution in [0, 0.1) is 6.92 Å². The third kappa shape index (κ3) is 3.25. The summed E-state index contributed by atoms with van der Waals surface area (Å²) >= 11 is 3.57. The predicted octanol–water partition coefficient (Wildman–Crippen LogP) is 3.39. The van der Waals surface area contributed by atoms with E-state index in [1.807, 2.05) is 25.3 Å². The molecule has 21 heavy (non-hydrogen) atoms. The van der Waals surface area contributed by atoms with Gasteiger partial charge in [-0.25, -0.2) is 9.97 Å². The SMILES string of the molecule is Cc1nccc(CNCc2ccc(Br)c3cccnc23)n1. The number of benzene rings is 1. The monoisotopic (exact) mass is 342 g/mol. The van der Waals surface area contributed by atoms with Crippen LogP contribution < -0.4 is 5.32 Å². The third-order valence-electron chi connectivity index (χ3n) is 3.26. The molecule has 0 atom stereocenters. The zero-order chi connectivity index (χ0) is 14.7. The molecule has 106 valence electrons. The molecular formula is C16H15BrN4. The Hall–Kier alpha value is -1.85. The first-order valence-electron chi connectivity index (χ1n) is 6.75. The minimum absolute atomic E-state index is 0.716. The summed E-state index contributed by atoms with van der Waals surface area (Å²) in [6, 6.07) is 10.1. The fourth-order valence-corrected chi connectivity index (χ4v) is 2.72. The lowest BCUT2D eigenvalue weighted by Crippen LogP contribution is -2.14. The maximum atomic E-state index is 4.49. The number of nitrogens with zero attached hydrogens (tertiary/aromatic N) is 3. The van der Waals surface area contributed by atoms with Crippen molar-refractivity contribution in [2.75, 3.05) is 0 Å². The van der Waals surface area contributed by atoms with Crippen molar-refractivity contribution in [3.8, 4) is 0 Å². The average Bonchev–Trinajstić information content (AvgIpc) is 2.50. The van der Waals surface area contributed by atoms with Gasteiger partial charge < -0.3 is 5.32 Å². The van der Waals surface area contributed by atoms with Gasteiger partial charge in [0, 0.05) is 35.3 Å². The van der Waals surface area contributed by atoms with Crippen molar-refractivity contribution in [2.24, 2.45) is 0 Å². The van der Waals surface area contributed by atoms with Crippen molar-refractivity contribution in [2.45, 2.75) is 20.0 Å². The van der Waals surface area contributed by atoms with E-state index in [-0.39, 0.29) is 0 Å². The quantitative estimate of drug-likeness (QED) is 0.789. The molecular weight excluding hydrogens is 328 g/mol. The number of pyridine rings is 1. The first-order valence-corrected chi connectivity index (χ1v) is 7.55. The van der Waals surface area contributed by atoms with Crippen molar-refractivity contribution in [1.29, 1.82) is 0 Å². The molecule has 1 N–H and O–H groups in total. The van der Waals surface area contributed by atoms with Crippen LogP contribution in [0.2, 0.25) is 0 Å². The van der Waals surface area contributed by atoms with Crippen molar-refractivity contribution in [3.63, 3.8) is 0 Å². The molecule has 0 aliphatic heterocycles. The van der Waals surface area contributed by atoms with E-state index in [1.54, 1.807) is 6.20 Å². The predicted molar refractivity (Wildman–Crippen MR) is 86.8 cm³/mol. The van der Waals surface area contributed by atoms with Crippen LogP contribution in [0.1, 0.15) is 17.1 Å². The summed E-state index contributed by atoms with van der Waals surface area (Å²) in [5.74, 6) is 0.796. The highest BCUT2D eigenvalue weighted by atomic mass is 79.9. The standard InChI is InChI=1S/C16H15BrN4/c1-11-19-8-6-13(21-11)10-18-9-12-4-5-15(17)14-3-2-7-20-16(12)14/h2-8,18H,9-10H2,1H3. The first-order chi connectivity index (χ1) is 10.2. The Kier molecular flexibility index (Phi) is 4.22. The van der Waals surface area contributed by atoms with Crippen LogP contribution in [-0.2, 0) is 13.1 Å². The minimum atomic E-state index is 0.716. The maximum absolute atomic E-state index is 4.49. The number of nitrogens with one attached hydrogen (secondary N) is 1. The van der Waals surface area contributed by atoms with Crippen LogP contribution >= 0.6 is 15.9 Å². The number of fused-ring (bicyclic) bond motifs is 1. The van der Waals surface area contributed by atoms with Gasteiger partial charge in [0.25, 0.3) is 0 Å². The van der Waals surface area contributed by atoms with Crippen LogP contribution in [-0.4, -0.2) is 15.0 Å². The zero-order valence-electron chi connectivity index (χ0n) is 11.7. The number of aromatic nitrogens is 3. The Bertz CT molecular complexity index is 773. The van der Waals surface area contributed by atoms with Crippen molar-refractivity contribution < 1.29 is 0 Å². The van der Waals surface area contributed by atoms with E-state index in [1.165, 1.54) is 5.56 Å². The minimum Gasteiger partial charge on any atom is -0.307 e. The van der Waals surface area contributed by atoms with E-state index in [4.69, 9.17) is 0 Å². The maximum Gasteiger partial charge on any atom is 0.125 e. The van der Waals surface area contributed by atoms with Crippen molar-refractivity contribution in [1.82, 2.24) is 20.3 Å². The number of hydrogen-bond acceptors (Lipinski definition) is 4. The van der Waals surface area contributed by atoms with E-state index in [2.05, 4.69) is 54.4 Å². The van der Waals surface area contributed by atoms with Crippen LogP contribution in [0.4, 0.5) is 0 Å². The van der Waals surface area contributed by atoms with Gasteiger partial charge in [-0.05, 0) is 30.7 Å². The highest BCUT2D eigenvalue weighted by Gasteiger charge is 2.05. The normalized spacial score (nSPS) is 11.0. The molecule has 0 aliphatic carbocycles. The van der Waals surface area contributed by atoms with Gasteiger partial charge in [0.1, 0.15) is 5.82 Å². The highest BCUT2D eigenvalue weighted by Crippen LogP contribution is 2.25. The van der Waals surface area contributed by atoms with E-state index >= 15 is 0 Å². The van der Waals surface area contributed by atoms with E-state index in [0.29, 0.717) is 6.54 Å². The van der Waals surface area contributed by atoms with E-state index in [9.17, 15) is 0 Å². The van der Waals surface area contributed by atoms with Gasteiger partial charge in [0.2, 0.25) is 0 Å². The molecule has 3 rings (SSSR count). The fourth-order valence-electron chi connectivity index (χ4n) is 2.27. The lowest BCUT2D eigenvalue weighted by Gasteiger charge is -2.09. The highest BCUT2D eigenvalue weighted by molar-refractivity contribution is 9.10. The summed E-state index contributed by atoms with van der Waals surface area (Å²) in [4.78, 5) is 13.0. The molecule has 0 amide bonds. The zero-order valence-corrected chi connectivity index (χ0v) is 13.3. The topological polar surface area (TPSA) is 50.7 Å². The molecule has 0 unspecified atom stereocenters. The van der Waals surface area contributed by atoms with E-state index < -0.39 is 0 Å². The summed E-state index contributed by atoms with van der Waals surface area (Å²) in [5, 5.41) is 4.55. The molecule has 0 bridgehead atoms. The second kappa shape index (κ2) is 6.28. The summed E-state index contributed by atoms with van der Waals surface area (Å²) in [5.41, 5.74) is 3.20. The molecule has 4 nitrogen and oxygen atoms in total. The summed E-state index contributed by atoms with van der Waals surface area (Å²) in [6.45, 7) is 3.37. The average molecular weight is 343 g/mol. The Morgan fingerprint density at radius 1 is 1.05 bits per heavy atom. The summed E-state index contributed by atoms with van der Waals surface area (Å²) in [6.07, 6.45) is 3.61. The second-order valence-electron chi connectivity index (χ2n) is 4.80. The number of rotatable bonds is 4. The van der Waals surface area contributed by atoms with Crippen molar-refractivity contribution >= 4 is 26.8 Å². The fraction of sp³-hybridized carbons (Fsp3) is 0.188. The lowest BCUT2D eigenvalue weighted by atomic mass is 10.1. The van der Waals surface area contributed by atoms with Crippen LogP contribution in [0.5, 0.6) is 0 Å². The molecule has 0 saturated heterocycles. The Balaban J connectivity index is 1.75. The molecule has 3 aromatic rings. The Morgan fingerprint density at radius 3 is 2.81 bits per heavy atom. The van der Waals surface area contributed by atoms with E-state index in [0.717, 1.165) is 33.4 Å². The number of aryl methyl sites for hydroxylation is 1. The number of halogens is 1. The van der Waals surface area contributed by atoms with Crippen LogP contribution in [0.15, 0.2) is 47.2 Å². The summed E-state index contributed by atoms with van der Waals surface area (Å²) in [7, 11) is 0. The Morgan fingerprint density at radius 2 is 1.95 bits per heavy atom. The molecule has 5 heteroatoms. The molecule has 0 saturated carbocycles. The first kappa shape index (κ1) is 14.1. The molecule has 2 aromatic heterocycles. The molecule has 0 spiro atoms. The van der Waals surface area contributed by atoms with Gasteiger partial charge in [0.15, 0.2) is 0 Å². The molecule has 0 fully saturated rings. The van der Waals surface area contributed by atoms with Gasteiger partial charge >= 0.3 is 0 Å². The van der Waals surface area contributed by atoms with Crippen LogP contribution in [0.3, 0.4) is 0 Å².